The van der Waals surface area contributed by atoms with E-state index < -0.39 is 0 Å². The first kappa shape index (κ1) is 10.7. The van der Waals surface area contributed by atoms with Crippen LogP contribution in [0, 0.1) is 0 Å². The molecule has 2 aromatic carbocycles. The van der Waals surface area contributed by atoms with Gasteiger partial charge in [0.15, 0.2) is 0 Å². The summed E-state index contributed by atoms with van der Waals surface area (Å²) in [6.07, 6.45) is 0. The maximum absolute atomic E-state index is 9.76. The number of rotatable bonds is 3. The van der Waals surface area contributed by atoms with Crippen molar-refractivity contribution in [3.8, 4) is 5.75 Å². The minimum Gasteiger partial charge on any atom is -0.508 e. The molecule has 0 aliphatic carbocycles. The highest BCUT2D eigenvalue weighted by molar-refractivity contribution is 5.41. The molecule has 0 spiro atoms. The summed E-state index contributed by atoms with van der Waals surface area (Å²) in [6.45, 7) is -0.0123. The third-order valence-corrected chi connectivity index (χ3v) is 2.70. The van der Waals surface area contributed by atoms with Crippen molar-refractivity contribution in [1.82, 2.24) is 0 Å². The maximum Gasteiger partial charge on any atom is 0.119 e. The number of aliphatic hydroxyl groups is 1. The average Bonchev–Trinajstić information content (AvgIpc) is 2.34. The lowest BCUT2D eigenvalue weighted by Crippen LogP contribution is -2.05. The average molecular weight is 214 g/mol. The predicted octanol–water partition coefficient (Wildman–Crippen LogP) is 2.52. The van der Waals surface area contributed by atoms with Crippen molar-refractivity contribution >= 4 is 0 Å². The van der Waals surface area contributed by atoms with Crippen molar-refractivity contribution < 1.29 is 10.2 Å². The highest BCUT2D eigenvalue weighted by atomic mass is 16.3. The Morgan fingerprint density at radius 3 is 2.12 bits per heavy atom. The van der Waals surface area contributed by atoms with Crippen molar-refractivity contribution in [1.29, 1.82) is 0 Å². The van der Waals surface area contributed by atoms with E-state index in [9.17, 15) is 10.2 Å². The normalized spacial score (nSPS) is 12.3. The molecule has 0 unspecified atom stereocenters. The molecule has 2 aromatic rings. The fourth-order valence-corrected chi connectivity index (χ4v) is 1.85. The molecule has 0 saturated heterocycles. The van der Waals surface area contributed by atoms with Crippen LogP contribution >= 0.6 is 0 Å². The Morgan fingerprint density at radius 2 is 1.50 bits per heavy atom. The molecular weight excluding hydrogens is 200 g/mol. The third kappa shape index (κ3) is 2.07. The molecule has 2 rings (SSSR count). The summed E-state index contributed by atoms with van der Waals surface area (Å²) in [6, 6.07) is 16.8. The summed E-state index contributed by atoms with van der Waals surface area (Å²) in [7, 11) is 0. The van der Waals surface area contributed by atoms with Gasteiger partial charge in [-0.2, -0.15) is 0 Å². The van der Waals surface area contributed by atoms with Crippen LogP contribution in [-0.2, 0) is 0 Å². The van der Waals surface area contributed by atoms with Crippen molar-refractivity contribution in [3.63, 3.8) is 0 Å². The van der Waals surface area contributed by atoms with E-state index in [-0.39, 0.29) is 18.3 Å². The molecule has 2 nitrogen and oxygen atoms in total. The fourth-order valence-electron chi connectivity index (χ4n) is 1.85. The molecule has 0 radical (unpaired) electrons. The van der Waals surface area contributed by atoms with Crippen molar-refractivity contribution in [3.05, 3.63) is 65.7 Å². The van der Waals surface area contributed by atoms with Crippen LogP contribution in [0.3, 0.4) is 0 Å². The van der Waals surface area contributed by atoms with Crippen LogP contribution in [0.25, 0.3) is 0 Å². The molecule has 0 aromatic heterocycles. The van der Waals surface area contributed by atoms with E-state index in [4.69, 9.17) is 0 Å². The van der Waals surface area contributed by atoms with Crippen LogP contribution in [0.2, 0.25) is 0 Å². The Hall–Kier alpha value is -1.80. The van der Waals surface area contributed by atoms with Gasteiger partial charge < -0.3 is 10.2 Å². The second kappa shape index (κ2) is 4.81. The SMILES string of the molecule is OC[C@H](c1ccccc1)c1ccccc1O. The molecule has 0 bridgehead atoms. The summed E-state index contributed by atoms with van der Waals surface area (Å²) in [5.41, 5.74) is 1.77. The van der Waals surface area contributed by atoms with Gasteiger partial charge in [-0.15, -0.1) is 0 Å². The van der Waals surface area contributed by atoms with Gasteiger partial charge in [0, 0.05) is 11.5 Å². The van der Waals surface area contributed by atoms with E-state index in [2.05, 4.69) is 0 Å². The Morgan fingerprint density at radius 1 is 0.875 bits per heavy atom. The Balaban J connectivity index is 2.41. The number of hydrogen-bond donors (Lipinski definition) is 2. The predicted molar refractivity (Wildman–Crippen MR) is 63.5 cm³/mol. The van der Waals surface area contributed by atoms with E-state index in [0.717, 1.165) is 11.1 Å². The summed E-state index contributed by atoms with van der Waals surface area (Å²) in [4.78, 5) is 0. The molecular formula is C14H14O2. The first-order chi connectivity index (χ1) is 7.83. The number of aliphatic hydroxyl groups excluding tert-OH is 1. The van der Waals surface area contributed by atoms with Gasteiger partial charge in [0.1, 0.15) is 5.75 Å². The van der Waals surface area contributed by atoms with Crippen molar-refractivity contribution in [2.45, 2.75) is 5.92 Å². The Bertz CT molecular complexity index is 451. The van der Waals surface area contributed by atoms with Crippen LogP contribution in [-0.4, -0.2) is 16.8 Å². The highest BCUT2D eigenvalue weighted by Crippen LogP contribution is 2.30. The number of aromatic hydroxyl groups is 1. The summed E-state index contributed by atoms with van der Waals surface area (Å²) in [5, 5.41) is 19.2. The first-order valence-corrected chi connectivity index (χ1v) is 5.26. The van der Waals surface area contributed by atoms with Gasteiger partial charge in [-0.1, -0.05) is 48.5 Å². The van der Waals surface area contributed by atoms with Crippen LogP contribution in [0.15, 0.2) is 54.6 Å². The van der Waals surface area contributed by atoms with Gasteiger partial charge in [-0.3, -0.25) is 0 Å². The summed E-state index contributed by atoms with van der Waals surface area (Å²) in [5.74, 6) is 0.0628. The zero-order valence-electron chi connectivity index (χ0n) is 8.88. The van der Waals surface area contributed by atoms with Crippen molar-refractivity contribution in [2.24, 2.45) is 0 Å². The quantitative estimate of drug-likeness (QED) is 0.824. The molecule has 1 atom stereocenters. The van der Waals surface area contributed by atoms with E-state index in [1.807, 2.05) is 42.5 Å². The largest absolute Gasteiger partial charge is 0.508 e. The van der Waals surface area contributed by atoms with E-state index >= 15 is 0 Å². The van der Waals surface area contributed by atoms with Crippen LogP contribution < -0.4 is 0 Å². The summed E-state index contributed by atoms with van der Waals surface area (Å²) >= 11 is 0. The smallest absolute Gasteiger partial charge is 0.119 e. The van der Waals surface area contributed by atoms with Crippen LogP contribution in [0.4, 0.5) is 0 Å². The third-order valence-electron chi connectivity index (χ3n) is 2.70. The van der Waals surface area contributed by atoms with E-state index in [1.165, 1.54) is 0 Å². The zero-order chi connectivity index (χ0) is 11.4. The van der Waals surface area contributed by atoms with Gasteiger partial charge in [-0.05, 0) is 11.6 Å². The second-order valence-corrected chi connectivity index (χ2v) is 3.70. The van der Waals surface area contributed by atoms with Gasteiger partial charge in [0.2, 0.25) is 0 Å². The van der Waals surface area contributed by atoms with E-state index in [0.29, 0.717) is 0 Å². The molecule has 0 fully saturated rings. The van der Waals surface area contributed by atoms with Gasteiger partial charge in [0.05, 0.1) is 6.61 Å². The fraction of sp³-hybridized carbons (Fsp3) is 0.143. The lowest BCUT2D eigenvalue weighted by atomic mass is 9.91. The Kier molecular flexibility index (Phi) is 3.22. The van der Waals surface area contributed by atoms with Crippen molar-refractivity contribution in [2.75, 3.05) is 6.61 Å². The lowest BCUT2D eigenvalue weighted by Gasteiger charge is -2.16. The molecule has 2 heteroatoms. The van der Waals surface area contributed by atoms with Gasteiger partial charge in [-0.25, -0.2) is 0 Å². The molecule has 0 heterocycles. The monoisotopic (exact) mass is 214 g/mol. The molecule has 82 valence electrons. The highest BCUT2D eigenvalue weighted by Gasteiger charge is 2.15. The molecule has 16 heavy (non-hydrogen) atoms. The number of benzene rings is 2. The maximum atomic E-state index is 9.76. The molecule has 0 saturated carbocycles. The molecule has 0 aliphatic heterocycles. The lowest BCUT2D eigenvalue weighted by molar-refractivity contribution is 0.278. The van der Waals surface area contributed by atoms with Crippen LogP contribution in [0.5, 0.6) is 5.75 Å². The zero-order valence-corrected chi connectivity index (χ0v) is 8.88. The molecule has 0 amide bonds. The minimum absolute atomic E-state index is 0.0123. The van der Waals surface area contributed by atoms with Gasteiger partial charge >= 0.3 is 0 Å². The van der Waals surface area contributed by atoms with E-state index in [1.54, 1.807) is 12.1 Å². The number of para-hydroxylation sites is 1. The summed E-state index contributed by atoms with van der Waals surface area (Å²) < 4.78 is 0. The Labute approximate surface area is 94.8 Å². The standard InChI is InChI=1S/C14H14O2/c15-10-13(11-6-2-1-3-7-11)12-8-4-5-9-14(12)16/h1-9,13,15-16H,10H2/t13-/m1/s1. The van der Waals surface area contributed by atoms with Crippen LogP contribution in [0.1, 0.15) is 17.0 Å². The number of phenolic OH excluding ortho intramolecular Hbond substituents is 1. The number of hydrogen-bond acceptors (Lipinski definition) is 2. The number of phenols is 1. The second-order valence-electron chi connectivity index (χ2n) is 3.70. The minimum atomic E-state index is -0.164. The first-order valence-electron chi connectivity index (χ1n) is 5.26. The molecule has 2 N–H and O–H groups in total. The topological polar surface area (TPSA) is 40.5 Å². The van der Waals surface area contributed by atoms with Gasteiger partial charge in [0.25, 0.3) is 0 Å². The molecule has 0 aliphatic rings.